The van der Waals surface area contributed by atoms with Crippen LogP contribution in [0.5, 0.6) is 0 Å². The van der Waals surface area contributed by atoms with Crippen molar-refractivity contribution in [2.75, 3.05) is 0 Å². The molecule has 0 unspecified atom stereocenters. The summed E-state index contributed by atoms with van der Waals surface area (Å²) in [5.74, 6) is 0.876. The monoisotopic (exact) mass is 288 g/mol. The lowest BCUT2D eigenvalue weighted by atomic mass is 9.77. The summed E-state index contributed by atoms with van der Waals surface area (Å²) in [5, 5.41) is 8.80. The van der Waals surface area contributed by atoms with Gasteiger partial charge in [-0.2, -0.15) is 0 Å². The Morgan fingerprint density at radius 2 is 1.76 bits per heavy atom. The lowest BCUT2D eigenvalue weighted by Gasteiger charge is -2.29. The van der Waals surface area contributed by atoms with Crippen molar-refractivity contribution in [3.05, 3.63) is 35.4 Å². The summed E-state index contributed by atoms with van der Waals surface area (Å²) in [6.45, 7) is 2.27. The molecule has 116 valence electrons. The number of carboxylic acids is 1. The van der Waals surface area contributed by atoms with E-state index in [1.54, 1.807) is 0 Å². The molecule has 0 heterocycles. The highest BCUT2D eigenvalue weighted by molar-refractivity contribution is 5.70. The van der Waals surface area contributed by atoms with Gasteiger partial charge < -0.3 is 5.11 Å². The number of hydrogen-bond acceptors (Lipinski definition) is 1. The van der Waals surface area contributed by atoms with Gasteiger partial charge in [-0.05, 0) is 48.6 Å². The number of aliphatic carboxylic acids is 1. The van der Waals surface area contributed by atoms with Crippen LogP contribution in [0.2, 0.25) is 0 Å². The molecule has 1 N–H and O–H groups in total. The minimum absolute atomic E-state index is 0.129. The van der Waals surface area contributed by atoms with Crippen molar-refractivity contribution in [2.24, 2.45) is 5.92 Å². The lowest BCUT2D eigenvalue weighted by Crippen LogP contribution is -2.13. The second kappa shape index (κ2) is 8.21. The van der Waals surface area contributed by atoms with Gasteiger partial charge in [0.15, 0.2) is 0 Å². The average Bonchev–Trinajstić information content (AvgIpc) is 2.49. The molecule has 0 aliphatic heterocycles. The van der Waals surface area contributed by atoms with Crippen molar-refractivity contribution in [3.63, 3.8) is 0 Å². The Morgan fingerprint density at radius 1 is 1.10 bits per heavy atom. The quantitative estimate of drug-likeness (QED) is 0.703. The fourth-order valence-electron chi connectivity index (χ4n) is 3.55. The number of carbonyl (C=O) groups is 1. The fraction of sp³-hybridized carbons (Fsp3) is 0.632. The molecule has 0 bridgehead atoms. The van der Waals surface area contributed by atoms with Gasteiger partial charge in [-0.25, -0.2) is 0 Å². The van der Waals surface area contributed by atoms with Gasteiger partial charge in [0.1, 0.15) is 0 Å². The zero-order chi connectivity index (χ0) is 15.1. The first-order valence-electron chi connectivity index (χ1n) is 8.49. The van der Waals surface area contributed by atoms with Crippen LogP contribution in [0.3, 0.4) is 0 Å². The second-order valence-corrected chi connectivity index (χ2v) is 6.53. The van der Waals surface area contributed by atoms with E-state index in [-0.39, 0.29) is 6.42 Å². The molecule has 0 atom stereocenters. The van der Waals surface area contributed by atoms with E-state index >= 15 is 0 Å². The number of hydrogen-bond donors (Lipinski definition) is 1. The fourth-order valence-corrected chi connectivity index (χ4v) is 3.55. The Hall–Kier alpha value is -1.31. The average molecular weight is 288 g/mol. The van der Waals surface area contributed by atoms with Crippen LogP contribution in [0.15, 0.2) is 24.3 Å². The molecule has 1 fully saturated rings. The first kappa shape index (κ1) is 16.1. The van der Waals surface area contributed by atoms with Gasteiger partial charge in [0.2, 0.25) is 0 Å². The van der Waals surface area contributed by atoms with Gasteiger partial charge in [0, 0.05) is 0 Å². The van der Waals surface area contributed by atoms with Crippen molar-refractivity contribution < 1.29 is 9.90 Å². The first-order valence-corrected chi connectivity index (χ1v) is 8.49. The van der Waals surface area contributed by atoms with E-state index in [9.17, 15) is 4.79 Å². The van der Waals surface area contributed by atoms with Crippen LogP contribution in [0.25, 0.3) is 0 Å². The highest BCUT2D eigenvalue weighted by Gasteiger charge is 2.21. The molecule has 2 heteroatoms. The van der Waals surface area contributed by atoms with E-state index < -0.39 is 5.97 Å². The summed E-state index contributed by atoms with van der Waals surface area (Å²) >= 11 is 0. The molecule has 0 spiro atoms. The molecule has 2 rings (SSSR count). The topological polar surface area (TPSA) is 37.3 Å². The molecule has 1 saturated carbocycles. The Balaban J connectivity index is 1.80. The predicted octanol–water partition coefficient (Wildman–Crippen LogP) is 5.17. The molecule has 1 aromatic carbocycles. The minimum Gasteiger partial charge on any atom is -0.481 e. The van der Waals surface area contributed by atoms with Crippen molar-refractivity contribution in [1.82, 2.24) is 0 Å². The van der Waals surface area contributed by atoms with Gasteiger partial charge in [-0.1, -0.05) is 56.9 Å². The normalized spacial score (nSPS) is 22.1. The Kier molecular flexibility index (Phi) is 6.28. The summed E-state index contributed by atoms with van der Waals surface area (Å²) in [6.07, 6.45) is 11.0. The smallest absolute Gasteiger partial charge is 0.307 e. The molecule has 2 nitrogen and oxygen atoms in total. The molecule has 1 aliphatic carbocycles. The summed E-state index contributed by atoms with van der Waals surface area (Å²) in [6, 6.07) is 8.24. The number of carboxylic acid groups (broad SMARTS) is 1. The zero-order valence-corrected chi connectivity index (χ0v) is 13.2. The van der Waals surface area contributed by atoms with Crippen molar-refractivity contribution in [3.8, 4) is 0 Å². The van der Waals surface area contributed by atoms with E-state index in [1.165, 1.54) is 56.9 Å². The summed E-state index contributed by atoms with van der Waals surface area (Å²) in [7, 11) is 0. The largest absolute Gasteiger partial charge is 0.481 e. The molecule has 0 aromatic heterocycles. The van der Waals surface area contributed by atoms with Gasteiger partial charge in [0.25, 0.3) is 0 Å². The van der Waals surface area contributed by atoms with Crippen molar-refractivity contribution in [2.45, 2.75) is 70.6 Å². The molecule has 1 aromatic rings. The lowest BCUT2D eigenvalue weighted by molar-refractivity contribution is -0.136. The molecular formula is C19H28O2. The van der Waals surface area contributed by atoms with E-state index in [1.807, 2.05) is 12.1 Å². The molecule has 0 radical (unpaired) electrons. The zero-order valence-electron chi connectivity index (χ0n) is 13.2. The minimum atomic E-state index is -0.754. The van der Waals surface area contributed by atoms with Gasteiger partial charge in [0.05, 0.1) is 6.42 Å². The number of rotatable bonds is 7. The number of benzene rings is 1. The van der Waals surface area contributed by atoms with Crippen molar-refractivity contribution >= 4 is 5.97 Å². The third-order valence-electron chi connectivity index (χ3n) is 4.87. The van der Waals surface area contributed by atoms with Crippen LogP contribution in [0.1, 0.15) is 75.3 Å². The summed E-state index contributed by atoms with van der Waals surface area (Å²) < 4.78 is 0. The SMILES string of the molecule is CCCCC[C@H]1CC[C@H](c2ccc(CC(=O)O)cc2)CC1. The maximum Gasteiger partial charge on any atom is 0.307 e. The van der Waals surface area contributed by atoms with Crippen LogP contribution in [0, 0.1) is 5.92 Å². The van der Waals surface area contributed by atoms with Crippen LogP contribution in [-0.4, -0.2) is 11.1 Å². The van der Waals surface area contributed by atoms with Gasteiger partial charge in [-0.3, -0.25) is 4.79 Å². The molecule has 21 heavy (non-hydrogen) atoms. The Bertz CT molecular complexity index is 427. The Labute approximate surface area is 128 Å². The van der Waals surface area contributed by atoms with Crippen LogP contribution < -0.4 is 0 Å². The van der Waals surface area contributed by atoms with E-state index in [0.717, 1.165) is 11.5 Å². The summed E-state index contributed by atoms with van der Waals surface area (Å²) in [4.78, 5) is 10.7. The maximum absolute atomic E-state index is 10.7. The van der Waals surface area contributed by atoms with Crippen LogP contribution in [-0.2, 0) is 11.2 Å². The summed E-state index contributed by atoms with van der Waals surface area (Å²) in [5.41, 5.74) is 2.30. The van der Waals surface area contributed by atoms with Crippen molar-refractivity contribution in [1.29, 1.82) is 0 Å². The first-order chi connectivity index (χ1) is 10.2. The highest BCUT2D eigenvalue weighted by Crippen LogP contribution is 2.37. The van der Waals surface area contributed by atoms with Gasteiger partial charge in [-0.15, -0.1) is 0 Å². The molecule has 1 aliphatic rings. The van der Waals surface area contributed by atoms with Crippen LogP contribution in [0.4, 0.5) is 0 Å². The van der Waals surface area contributed by atoms with E-state index in [4.69, 9.17) is 5.11 Å². The number of unbranched alkanes of at least 4 members (excludes halogenated alkanes) is 2. The standard InChI is InChI=1S/C19H28O2/c1-2-3-4-5-15-6-10-17(11-7-15)18-12-8-16(9-13-18)14-19(20)21/h8-9,12-13,15,17H,2-7,10-11,14H2,1H3,(H,20,21)/t15-,17-. The van der Waals surface area contributed by atoms with E-state index in [2.05, 4.69) is 19.1 Å². The third kappa shape index (κ3) is 5.18. The molecule has 0 saturated heterocycles. The predicted molar refractivity (Wildman–Crippen MR) is 86.6 cm³/mol. The highest BCUT2D eigenvalue weighted by atomic mass is 16.4. The Morgan fingerprint density at radius 3 is 2.33 bits per heavy atom. The molecule has 0 amide bonds. The van der Waals surface area contributed by atoms with E-state index in [0.29, 0.717) is 5.92 Å². The van der Waals surface area contributed by atoms with Gasteiger partial charge >= 0.3 is 5.97 Å². The maximum atomic E-state index is 10.7. The molecular weight excluding hydrogens is 260 g/mol. The van der Waals surface area contributed by atoms with Crippen LogP contribution >= 0.6 is 0 Å². The third-order valence-corrected chi connectivity index (χ3v) is 4.87. The second-order valence-electron chi connectivity index (χ2n) is 6.53.